The van der Waals surface area contributed by atoms with Crippen molar-refractivity contribution in [2.24, 2.45) is 0 Å². The minimum atomic E-state index is -1.53. The number of aliphatic hydroxyl groups is 4. The quantitative estimate of drug-likeness (QED) is 0.0267. The summed E-state index contributed by atoms with van der Waals surface area (Å²) < 4.78 is 23.0. The van der Waals surface area contributed by atoms with E-state index in [2.05, 4.69) is 26.0 Å². The third kappa shape index (κ3) is 40.2. The summed E-state index contributed by atoms with van der Waals surface area (Å²) in [5.74, 6) is -0.306. The topological polar surface area (TPSA) is 135 Å². The Labute approximate surface area is 414 Å². The predicted molar refractivity (Wildman–Crippen MR) is 279 cm³/mol. The summed E-state index contributed by atoms with van der Waals surface area (Å²) in [7, 11) is 0. The molecule has 9 heteroatoms. The van der Waals surface area contributed by atoms with Gasteiger partial charge in [0.2, 0.25) is 0 Å². The molecule has 0 aliphatic carbocycles. The lowest BCUT2D eigenvalue weighted by atomic mass is 9.99. The van der Waals surface area contributed by atoms with Gasteiger partial charge in [0, 0.05) is 13.0 Å². The molecule has 1 rings (SSSR count). The van der Waals surface area contributed by atoms with Crippen molar-refractivity contribution in [3.05, 3.63) is 12.2 Å². The largest absolute Gasteiger partial charge is 0.457 e. The number of hydrogen-bond donors (Lipinski definition) is 4. The lowest BCUT2D eigenvalue weighted by Gasteiger charge is -2.39. The van der Waals surface area contributed by atoms with E-state index in [1.165, 1.54) is 238 Å². The molecule has 1 aliphatic heterocycles. The number of allylic oxidation sites excluding steroid dienone is 2. The highest BCUT2D eigenvalue weighted by Gasteiger charge is 2.44. The molecule has 4 N–H and O–H groups in total. The first-order valence-corrected chi connectivity index (χ1v) is 29.3. The summed E-state index contributed by atoms with van der Waals surface area (Å²) in [5.41, 5.74) is 0. The van der Waals surface area contributed by atoms with Crippen LogP contribution in [0.5, 0.6) is 0 Å². The summed E-state index contributed by atoms with van der Waals surface area (Å²) in [6.45, 7) is 4.62. The number of ether oxygens (including phenoxy) is 4. The van der Waals surface area contributed by atoms with Gasteiger partial charge in [0.05, 0.1) is 19.8 Å². The molecular weight excluding hydrogens is 841 g/mol. The van der Waals surface area contributed by atoms with E-state index in [0.29, 0.717) is 13.0 Å². The second kappa shape index (κ2) is 49.9. The molecule has 0 aromatic heterocycles. The highest BCUT2D eigenvalue weighted by atomic mass is 16.7. The van der Waals surface area contributed by atoms with Crippen molar-refractivity contribution in [3.8, 4) is 0 Å². The van der Waals surface area contributed by atoms with Crippen molar-refractivity contribution in [1.29, 1.82) is 0 Å². The maximum Gasteiger partial charge on any atom is 0.306 e. The van der Waals surface area contributed by atoms with Crippen LogP contribution >= 0.6 is 0 Å². The van der Waals surface area contributed by atoms with E-state index < -0.39 is 43.4 Å². The first-order valence-electron chi connectivity index (χ1n) is 29.3. The standard InChI is InChI=1S/C58H112O9/c1-3-5-7-9-11-13-15-17-19-21-23-24-25-26-27-28-29-31-33-35-37-39-41-43-45-47-54(60)66-52(51-65-58-57(63)56(62)55(61)53(49-59)67-58)50-64-48-46-44-42-40-38-36-34-32-30-22-20-18-16-14-12-10-8-6-4-2/h20,22,52-53,55-59,61-63H,3-19,21,23-51H2,1-2H3/b22-20-. The molecule has 0 radical (unpaired) electrons. The maximum absolute atomic E-state index is 12.9. The maximum atomic E-state index is 12.9. The van der Waals surface area contributed by atoms with Crippen LogP contribution in [-0.2, 0) is 23.7 Å². The molecule has 0 aromatic carbocycles. The van der Waals surface area contributed by atoms with E-state index in [-0.39, 0.29) is 19.2 Å². The Morgan fingerprint density at radius 3 is 1.21 bits per heavy atom. The van der Waals surface area contributed by atoms with E-state index >= 15 is 0 Å². The molecule has 0 saturated carbocycles. The number of rotatable bonds is 52. The van der Waals surface area contributed by atoms with Gasteiger partial charge < -0.3 is 39.4 Å². The van der Waals surface area contributed by atoms with Crippen LogP contribution in [0.3, 0.4) is 0 Å². The zero-order chi connectivity index (χ0) is 48.5. The van der Waals surface area contributed by atoms with Gasteiger partial charge in [-0.15, -0.1) is 0 Å². The average molecular weight is 954 g/mol. The van der Waals surface area contributed by atoms with Gasteiger partial charge in [0.1, 0.15) is 30.5 Å². The molecule has 398 valence electrons. The first kappa shape index (κ1) is 63.9. The second-order valence-corrected chi connectivity index (χ2v) is 20.5. The molecule has 0 bridgehead atoms. The Kier molecular flexibility index (Phi) is 47.6. The van der Waals surface area contributed by atoms with Crippen molar-refractivity contribution in [2.45, 2.75) is 327 Å². The van der Waals surface area contributed by atoms with Crippen LogP contribution in [0.25, 0.3) is 0 Å². The highest BCUT2D eigenvalue weighted by molar-refractivity contribution is 5.69. The van der Waals surface area contributed by atoms with E-state index in [4.69, 9.17) is 18.9 Å². The van der Waals surface area contributed by atoms with Crippen molar-refractivity contribution >= 4 is 5.97 Å². The zero-order valence-corrected chi connectivity index (χ0v) is 44.2. The summed E-state index contributed by atoms with van der Waals surface area (Å²) in [6.07, 6.45) is 52.6. The Hall–Kier alpha value is -1.07. The Morgan fingerprint density at radius 1 is 0.463 bits per heavy atom. The van der Waals surface area contributed by atoms with Crippen LogP contribution in [-0.4, -0.2) is 89.6 Å². The van der Waals surface area contributed by atoms with E-state index in [1.54, 1.807) is 0 Å². The van der Waals surface area contributed by atoms with Crippen LogP contribution < -0.4 is 0 Å². The third-order valence-corrected chi connectivity index (χ3v) is 13.9. The Balaban J connectivity index is 2.12. The normalized spacial score (nSPS) is 19.2. The average Bonchev–Trinajstić information content (AvgIpc) is 3.33. The Morgan fingerprint density at radius 2 is 0.821 bits per heavy atom. The van der Waals surface area contributed by atoms with Crippen LogP contribution in [0.2, 0.25) is 0 Å². The van der Waals surface area contributed by atoms with Crippen LogP contribution in [0.4, 0.5) is 0 Å². The molecule has 1 heterocycles. The first-order chi connectivity index (χ1) is 32.9. The molecule has 6 unspecified atom stereocenters. The minimum absolute atomic E-state index is 0.108. The molecule has 6 atom stereocenters. The molecule has 1 saturated heterocycles. The molecule has 0 amide bonds. The molecule has 1 aliphatic rings. The molecular formula is C58H112O9. The highest BCUT2D eigenvalue weighted by Crippen LogP contribution is 2.23. The van der Waals surface area contributed by atoms with Gasteiger partial charge >= 0.3 is 5.97 Å². The molecule has 1 fully saturated rings. The van der Waals surface area contributed by atoms with Crippen molar-refractivity contribution < 1.29 is 44.2 Å². The lowest BCUT2D eigenvalue weighted by Crippen LogP contribution is -2.59. The number of carbonyl (C=O) groups excluding carboxylic acids is 1. The zero-order valence-electron chi connectivity index (χ0n) is 44.2. The van der Waals surface area contributed by atoms with Gasteiger partial charge in [-0.05, 0) is 38.5 Å². The van der Waals surface area contributed by atoms with Gasteiger partial charge in [-0.2, -0.15) is 0 Å². The second-order valence-electron chi connectivity index (χ2n) is 20.5. The van der Waals surface area contributed by atoms with Crippen molar-refractivity contribution in [2.75, 3.05) is 26.4 Å². The lowest BCUT2D eigenvalue weighted by molar-refractivity contribution is -0.305. The van der Waals surface area contributed by atoms with Crippen LogP contribution in [0.1, 0.15) is 290 Å². The summed E-state index contributed by atoms with van der Waals surface area (Å²) in [4.78, 5) is 12.9. The fourth-order valence-corrected chi connectivity index (χ4v) is 9.37. The molecule has 0 aromatic rings. The van der Waals surface area contributed by atoms with Gasteiger partial charge in [-0.1, -0.05) is 257 Å². The van der Waals surface area contributed by atoms with Gasteiger partial charge in [-0.25, -0.2) is 0 Å². The van der Waals surface area contributed by atoms with Crippen molar-refractivity contribution in [3.63, 3.8) is 0 Å². The number of hydrogen-bond acceptors (Lipinski definition) is 9. The van der Waals surface area contributed by atoms with Crippen molar-refractivity contribution in [1.82, 2.24) is 0 Å². The fraction of sp³-hybridized carbons (Fsp3) is 0.948. The van der Waals surface area contributed by atoms with E-state index in [1.807, 2.05) is 0 Å². The van der Waals surface area contributed by atoms with Gasteiger partial charge in [0.15, 0.2) is 6.29 Å². The number of unbranched alkanes of at least 4 members (excludes halogenated alkanes) is 39. The van der Waals surface area contributed by atoms with Crippen LogP contribution in [0, 0.1) is 0 Å². The molecule has 67 heavy (non-hydrogen) atoms. The minimum Gasteiger partial charge on any atom is -0.457 e. The number of esters is 1. The summed E-state index contributed by atoms with van der Waals surface area (Å²) in [5, 5.41) is 40.3. The van der Waals surface area contributed by atoms with E-state index in [9.17, 15) is 25.2 Å². The van der Waals surface area contributed by atoms with Gasteiger partial charge in [-0.3, -0.25) is 4.79 Å². The van der Waals surface area contributed by atoms with E-state index in [0.717, 1.165) is 32.1 Å². The summed E-state index contributed by atoms with van der Waals surface area (Å²) >= 11 is 0. The predicted octanol–water partition coefficient (Wildman–Crippen LogP) is 15.1. The molecule has 0 spiro atoms. The monoisotopic (exact) mass is 953 g/mol. The molecule has 9 nitrogen and oxygen atoms in total. The SMILES string of the molecule is CCCCCCCCC/C=C\CCCCCCCCCCOCC(COC1OC(CO)C(O)C(O)C1O)OC(=O)CCCCCCCCCCCCCCCCCCCCCCCCCCC. The third-order valence-electron chi connectivity index (χ3n) is 13.9. The van der Waals surface area contributed by atoms with Crippen LogP contribution in [0.15, 0.2) is 12.2 Å². The number of carbonyl (C=O) groups is 1. The number of aliphatic hydroxyl groups excluding tert-OH is 4. The fourth-order valence-electron chi connectivity index (χ4n) is 9.37. The summed E-state index contributed by atoms with van der Waals surface area (Å²) in [6, 6.07) is 0. The Bertz CT molecular complexity index is 1040. The van der Waals surface area contributed by atoms with Gasteiger partial charge in [0.25, 0.3) is 0 Å². The smallest absolute Gasteiger partial charge is 0.306 e.